The van der Waals surface area contributed by atoms with Crippen LogP contribution in [0.5, 0.6) is 0 Å². The van der Waals surface area contributed by atoms with Gasteiger partial charge < -0.3 is 16.0 Å². The van der Waals surface area contributed by atoms with Crippen molar-refractivity contribution in [2.45, 2.75) is 58.4 Å². The van der Waals surface area contributed by atoms with Crippen molar-refractivity contribution in [1.82, 2.24) is 5.32 Å². The predicted molar refractivity (Wildman–Crippen MR) is 97.2 cm³/mol. The number of primary amides is 1. The van der Waals surface area contributed by atoms with Crippen molar-refractivity contribution >= 4 is 23.4 Å². The number of hydrogen-bond donors (Lipinski definition) is 2. The van der Waals surface area contributed by atoms with Crippen molar-refractivity contribution in [3.05, 3.63) is 29.3 Å². The molecule has 0 aliphatic carbocycles. The molecule has 0 radical (unpaired) electrons. The van der Waals surface area contributed by atoms with Crippen LogP contribution in [0.2, 0.25) is 0 Å². The number of fused-ring (bicyclic) bond motifs is 1. The fourth-order valence-electron chi connectivity index (χ4n) is 3.07. The lowest BCUT2D eigenvalue weighted by molar-refractivity contribution is -0.127. The molecule has 1 aromatic rings. The summed E-state index contributed by atoms with van der Waals surface area (Å²) in [5.41, 5.74) is 8.48. The van der Waals surface area contributed by atoms with Gasteiger partial charge in [-0.05, 0) is 35.4 Å². The van der Waals surface area contributed by atoms with Crippen molar-refractivity contribution in [1.29, 1.82) is 0 Å². The van der Waals surface area contributed by atoms with E-state index in [4.69, 9.17) is 5.73 Å². The van der Waals surface area contributed by atoms with E-state index in [2.05, 4.69) is 32.2 Å². The Bertz CT molecular complexity index is 692. The predicted octanol–water partition coefficient (Wildman–Crippen LogP) is 1.64. The van der Waals surface area contributed by atoms with Crippen molar-refractivity contribution in [3.63, 3.8) is 0 Å². The van der Waals surface area contributed by atoms with Gasteiger partial charge in [0.1, 0.15) is 6.04 Å². The highest BCUT2D eigenvalue weighted by Crippen LogP contribution is 2.33. The highest BCUT2D eigenvalue weighted by atomic mass is 16.2. The van der Waals surface area contributed by atoms with Crippen molar-refractivity contribution in [2.75, 3.05) is 11.4 Å². The molecule has 6 heteroatoms. The molecule has 25 heavy (non-hydrogen) atoms. The van der Waals surface area contributed by atoms with Gasteiger partial charge in [0.05, 0.1) is 0 Å². The van der Waals surface area contributed by atoms with E-state index in [1.807, 2.05) is 12.1 Å². The van der Waals surface area contributed by atoms with Crippen LogP contribution in [0.3, 0.4) is 0 Å². The second-order valence-corrected chi connectivity index (χ2v) is 7.59. The van der Waals surface area contributed by atoms with Crippen LogP contribution in [0.25, 0.3) is 0 Å². The normalized spacial score (nSPS) is 14.8. The largest absolute Gasteiger partial charge is 0.370 e. The molecule has 3 amide bonds. The molecule has 1 heterocycles. The van der Waals surface area contributed by atoms with Gasteiger partial charge in [0.2, 0.25) is 17.7 Å². The van der Waals surface area contributed by atoms with Gasteiger partial charge in [0, 0.05) is 25.6 Å². The van der Waals surface area contributed by atoms with Gasteiger partial charge >= 0.3 is 0 Å². The van der Waals surface area contributed by atoms with Gasteiger partial charge in [-0.2, -0.15) is 0 Å². The highest BCUT2D eigenvalue weighted by molar-refractivity contribution is 6.00. The maximum Gasteiger partial charge on any atom is 0.249 e. The van der Waals surface area contributed by atoms with Gasteiger partial charge in [-0.3, -0.25) is 14.4 Å². The minimum Gasteiger partial charge on any atom is -0.370 e. The molecular weight excluding hydrogens is 318 g/mol. The first kappa shape index (κ1) is 19.0. The maximum atomic E-state index is 12.9. The number of nitrogens with zero attached hydrogens (tertiary/aromatic N) is 1. The van der Waals surface area contributed by atoms with E-state index in [1.165, 1.54) is 12.5 Å². The number of carbonyl (C=O) groups excluding carboxylic acids is 3. The van der Waals surface area contributed by atoms with Crippen LogP contribution in [-0.4, -0.2) is 30.3 Å². The minimum atomic E-state index is -0.738. The molecule has 0 aromatic heterocycles. The molecule has 0 saturated carbocycles. The van der Waals surface area contributed by atoms with Crippen LogP contribution < -0.4 is 16.0 Å². The molecule has 0 bridgehead atoms. The standard InChI is InChI=1S/C19H27N3O3/c1-12(23)21-15(6-8-17(20)24)18(25)22-10-9-13-11-14(19(2,3)4)5-7-16(13)22/h5,7,11,15H,6,8-10H2,1-4H3,(H2,20,24)(H,21,23). The molecule has 1 aliphatic rings. The Balaban J connectivity index is 2.22. The molecule has 1 aromatic carbocycles. The quantitative estimate of drug-likeness (QED) is 0.850. The number of hydrogen-bond acceptors (Lipinski definition) is 3. The Morgan fingerprint density at radius 2 is 1.96 bits per heavy atom. The monoisotopic (exact) mass is 345 g/mol. The van der Waals surface area contributed by atoms with Crippen LogP contribution in [0, 0.1) is 0 Å². The van der Waals surface area contributed by atoms with Crippen LogP contribution in [-0.2, 0) is 26.2 Å². The summed E-state index contributed by atoms with van der Waals surface area (Å²) >= 11 is 0. The van der Waals surface area contributed by atoms with Crippen LogP contribution in [0.1, 0.15) is 51.7 Å². The molecule has 0 spiro atoms. The number of benzene rings is 1. The summed E-state index contributed by atoms with van der Waals surface area (Å²) in [6, 6.07) is 5.43. The first-order chi connectivity index (χ1) is 11.6. The van der Waals surface area contributed by atoms with Crippen molar-refractivity contribution in [3.8, 4) is 0 Å². The molecule has 1 aliphatic heterocycles. The molecule has 136 valence electrons. The summed E-state index contributed by atoms with van der Waals surface area (Å²) in [7, 11) is 0. The average molecular weight is 345 g/mol. The van der Waals surface area contributed by atoms with Gasteiger partial charge in [0.25, 0.3) is 0 Å². The van der Waals surface area contributed by atoms with Gasteiger partial charge in [0.15, 0.2) is 0 Å². The second kappa shape index (κ2) is 7.25. The van der Waals surface area contributed by atoms with Gasteiger partial charge in [-0.1, -0.05) is 32.9 Å². The third-order valence-corrected chi connectivity index (χ3v) is 4.46. The first-order valence-electron chi connectivity index (χ1n) is 8.60. The summed E-state index contributed by atoms with van der Waals surface area (Å²) in [4.78, 5) is 37.1. The molecule has 1 atom stereocenters. The molecular formula is C19H27N3O3. The number of carbonyl (C=O) groups is 3. The number of nitrogens with two attached hydrogens (primary N) is 1. The van der Waals surface area contributed by atoms with E-state index < -0.39 is 11.9 Å². The number of rotatable bonds is 5. The lowest BCUT2D eigenvalue weighted by Crippen LogP contribution is -2.48. The van der Waals surface area contributed by atoms with Crippen molar-refractivity contribution in [2.24, 2.45) is 5.73 Å². The van der Waals surface area contributed by atoms with Crippen LogP contribution in [0.15, 0.2) is 18.2 Å². The number of amides is 3. The summed E-state index contributed by atoms with van der Waals surface area (Å²) in [5.74, 6) is -0.983. The fraction of sp³-hybridized carbons (Fsp3) is 0.526. The smallest absolute Gasteiger partial charge is 0.249 e. The average Bonchev–Trinajstić information content (AvgIpc) is 2.92. The number of nitrogens with one attached hydrogen (secondary N) is 1. The third-order valence-electron chi connectivity index (χ3n) is 4.46. The SMILES string of the molecule is CC(=O)NC(CCC(N)=O)C(=O)N1CCc2cc(C(C)(C)C)ccc21. The van der Waals surface area contributed by atoms with E-state index >= 15 is 0 Å². The molecule has 0 saturated heterocycles. The zero-order chi connectivity index (χ0) is 18.8. The van der Waals surface area contributed by atoms with E-state index in [0.29, 0.717) is 6.54 Å². The van der Waals surface area contributed by atoms with Crippen molar-refractivity contribution < 1.29 is 14.4 Å². The molecule has 6 nitrogen and oxygen atoms in total. The topological polar surface area (TPSA) is 92.5 Å². The van der Waals surface area contributed by atoms with Crippen LogP contribution in [0.4, 0.5) is 5.69 Å². The molecule has 3 N–H and O–H groups in total. The van der Waals surface area contributed by atoms with Gasteiger partial charge in [-0.15, -0.1) is 0 Å². The zero-order valence-electron chi connectivity index (χ0n) is 15.4. The Kier molecular flexibility index (Phi) is 5.50. The van der Waals surface area contributed by atoms with Gasteiger partial charge in [-0.25, -0.2) is 0 Å². The molecule has 0 fully saturated rings. The Morgan fingerprint density at radius 1 is 1.28 bits per heavy atom. The first-order valence-corrected chi connectivity index (χ1v) is 8.60. The fourth-order valence-corrected chi connectivity index (χ4v) is 3.07. The van der Waals surface area contributed by atoms with E-state index in [9.17, 15) is 14.4 Å². The summed E-state index contributed by atoms with van der Waals surface area (Å²) in [6.07, 6.45) is 1.05. The summed E-state index contributed by atoms with van der Waals surface area (Å²) < 4.78 is 0. The Hall–Kier alpha value is -2.37. The van der Waals surface area contributed by atoms with E-state index in [0.717, 1.165) is 17.7 Å². The highest BCUT2D eigenvalue weighted by Gasteiger charge is 2.31. The minimum absolute atomic E-state index is 0.0483. The lowest BCUT2D eigenvalue weighted by Gasteiger charge is -2.25. The third kappa shape index (κ3) is 4.59. The van der Waals surface area contributed by atoms with E-state index in [-0.39, 0.29) is 30.1 Å². The van der Waals surface area contributed by atoms with E-state index in [1.54, 1.807) is 4.90 Å². The Labute approximate surface area is 148 Å². The summed E-state index contributed by atoms with van der Waals surface area (Å²) in [6.45, 7) is 8.40. The maximum absolute atomic E-state index is 12.9. The molecule has 2 rings (SSSR count). The summed E-state index contributed by atoms with van der Waals surface area (Å²) in [5, 5.41) is 2.64. The Morgan fingerprint density at radius 3 is 2.52 bits per heavy atom. The molecule has 1 unspecified atom stereocenters. The zero-order valence-corrected chi connectivity index (χ0v) is 15.4. The number of anilines is 1. The van der Waals surface area contributed by atoms with Crippen LogP contribution >= 0.6 is 0 Å². The second-order valence-electron chi connectivity index (χ2n) is 7.59. The lowest BCUT2D eigenvalue weighted by atomic mass is 9.86.